The number of nitrogens with zero attached hydrogens (tertiary/aromatic N) is 2. The van der Waals surface area contributed by atoms with Crippen molar-refractivity contribution in [2.45, 2.75) is 25.9 Å². The van der Waals surface area contributed by atoms with Crippen LogP contribution >= 0.6 is 0 Å². The maximum absolute atomic E-state index is 13.1. The highest BCUT2D eigenvalue weighted by atomic mass is 19.4. The van der Waals surface area contributed by atoms with Gasteiger partial charge in [0, 0.05) is 24.2 Å². The molecule has 0 N–H and O–H groups in total. The van der Waals surface area contributed by atoms with E-state index in [0.717, 1.165) is 17.7 Å². The number of hydrogen-bond acceptors (Lipinski definition) is 2. The topological polar surface area (TPSA) is 40.6 Å². The van der Waals surface area contributed by atoms with Crippen molar-refractivity contribution in [2.24, 2.45) is 0 Å². The molecule has 0 saturated carbocycles. The van der Waals surface area contributed by atoms with Crippen LogP contribution in [0.25, 0.3) is 0 Å². The van der Waals surface area contributed by atoms with Crippen molar-refractivity contribution in [3.05, 3.63) is 65.2 Å². The van der Waals surface area contributed by atoms with E-state index in [1.165, 1.54) is 21.9 Å². The van der Waals surface area contributed by atoms with E-state index in [9.17, 15) is 22.8 Å². The molecule has 0 atom stereocenters. The lowest BCUT2D eigenvalue weighted by Crippen LogP contribution is -2.42. The van der Waals surface area contributed by atoms with E-state index in [4.69, 9.17) is 0 Å². The van der Waals surface area contributed by atoms with Crippen molar-refractivity contribution >= 4 is 17.5 Å². The number of amides is 2. The Morgan fingerprint density at radius 3 is 2.52 bits per heavy atom. The molecule has 0 radical (unpaired) electrons. The molecular weight excluding hydrogens is 357 g/mol. The molecule has 3 rings (SSSR count). The summed E-state index contributed by atoms with van der Waals surface area (Å²) in [5, 5.41) is 0. The Hall–Kier alpha value is -2.83. The Bertz CT molecular complexity index is 864. The molecule has 0 spiro atoms. The van der Waals surface area contributed by atoms with Gasteiger partial charge in [-0.25, -0.2) is 0 Å². The van der Waals surface area contributed by atoms with Crippen molar-refractivity contribution in [1.82, 2.24) is 4.90 Å². The van der Waals surface area contributed by atoms with Crippen LogP contribution < -0.4 is 4.90 Å². The van der Waals surface area contributed by atoms with Crippen LogP contribution in [0.4, 0.5) is 18.9 Å². The summed E-state index contributed by atoms with van der Waals surface area (Å²) in [6, 6.07) is 11.4. The van der Waals surface area contributed by atoms with Gasteiger partial charge in [-0.1, -0.05) is 23.8 Å². The van der Waals surface area contributed by atoms with Gasteiger partial charge >= 0.3 is 6.18 Å². The average Bonchev–Trinajstić information content (AvgIpc) is 3.03. The van der Waals surface area contributed by atoms with E-state index in [0.29, 0.717) is 24.9 Å². The fourth-order valence-corrected chi connectivity index (χ4v) is 3.07. The molecule has 1 fully saturated rings. The van der Waals surface area contributed by atoms with Crippen molar-refractivity contribution in [1.29, 1.82) is 0 Å². The largest absolute Gasteiger partial charge is 0.416 e. The molecule has 27 heavy (non-hydrogen) atoms. The smallest absolute Gasteiger partial charge is 0.324 e. The second-order valence-corrected chi connectivity index (χ2v) is 6.55. The highest BCUT2D eigenvalue weighted by Crippen LogP contribution is 2.32. The van der Waals surface area contributed by atoms with Crippen molar-refractivity contribution in [2.75, 3.05) is 18.1 Å². The summed E-state index contributed by atoms with van der Waals surface area (Å²) in [4.78, 5) is 27.8. The number of likely N-dealkylation sites (tertiary alicyclic amines) is 1. The minimum absolute atomic E-state index is 0.0765. The molecule has 2 amide bonds. The predicted octanol–water partition coefficient (Wildman–Crippen LogP) is 4.24. The normalized spacial score (nSPS) is 14.5. The van der Waals surface area contributed by atoms with Crippen LogP contribution in [0.1, 0.15) is 34.3 Å². The minimum Gasteiger partial charge on any atom is -0.324 e. The maximum atomic E-state index is 13.1. The number of benzene rings is 2. The summed E-state index contributed by atoms with van der Waals surface area (Å²) in [5.41, 5.74) is 0.493. The van der Waals surface area contributed by atoms with Gasteiger partial charge in [0.2, 0.25) is 5.91 Å². The van der Waals surface area contributed by atoms with Crippen LogP contribution in [0.2, 0.25) is 0 Å². The Labute approximate surface area is 155 Å². The number of aryl methyl sites for hydroxylation is 1. The van der Waals surface area contributed by atoms with Crippen LogP contribution in [0.5, 0.6) is 0 Å². The molecule has 1 heterocycles. The zero-order valence-corrected chi connectivity index (χ0v) is 14.8. The molecule has 2 aromatic rings. The van der Waals surface area contributed by atoms with E-state index in [2.05, 4.69) is 0 Å². The SMILES string of the molecule is Cc1cccc(C(=O)N(CN2CCCC2=O)c2cccc(C(F)(F)F)c2)c1. The zero-order chi connectivity index (χ0) is 19.6. The van der Waals surface area contributed by atoms with Gasteiger partial charge in [0.15, 0.2) is 0 Å². The van der Waals surface area contributed by atoms with E-state index < -0.39 is 17.6 Å². The molecule has 0 unspecified atom stereocenters. The van der Waals surface area contributed by atoms with Crippen LogP contribution in [0.15, 0.2) is 48.5 Å². The molecule has 0 aliphatic carbocycles. The monoisotopic (exact) mass is 376 g/mol. The highest BCUT2D eigenvalue weighted by Gasteiger charge is 2.32. The first kappa shape index (κ1) is 18.9. The average molecular weight is 376 g/mol. The lowest BCUT2D eigenvalue weighted by Gasteiger charge is -2.28. The highest BCUT2D eigenvalue weighted by molar-refractivity contribution is 6.06. The van der Waals surface area contributed by atoms with Crippen LogP contribution in [-0.2, 0) is 11.0 Å². The lowest BCUT2D eigenvalue weighted by atomic mass is 10.1. The van der Waals surface area contributed by atoms with Crippen LogP contribution in [0, 0.1) is 6.92 Å². The molecule has 7 heteroatoms. The van der Waals surface area contributed by atoms with E-state index >= 15 is 0 Å². The first-order chi connectivity index (χ1) is 12.8. The lowest BCUT2D eigenvalue weighted by molar-refractivity contribution is -0.137. The van der Waals surface area contributed by atoms with Gasteiger partial charge in [-0.3, -0.25) is 14.5 Å². The summed E-state index contributed by atoms with van der Waals surface area (Å²) in [6.07, 6.45) is -3.46. The van der Waals surface area contributed by atoms with Crippen LogP contribution in [-0.4, -0.2) is 29.9 Å². The molecule has 0 bridgehead atoms. The summed E-state index contributed by atoms with van der Waals surface area (Å²) >= 11 is 0. The first-order valence-electron chi connectivity index (χ1n) is 8.59. The predicted molar refractivity (Wildman–Crippen MR) is 95.2 cm³/mol. The second-order valence-electron chi connectivity index (χ2n) is 6.55. The zero-order valence-electron chi connectivity index (χ0n) is 14.8. The Morgan fingerprint density at radius 2 is 1.89 bits per heavy atom. The van der Waals surface area contributed by atoms with Crippen LogP contribution in [0.3, 0.4) is 0 Å². The minimum atomic E-state index is -4.52. The molecule has 1 aliphatic heterocycles. The first-order valence-corrected chi connectivity index (χ1v) is 8.59. The van der Waals surface area contributed by atoms with Gasteiger partial charge < -0.3 is 4.90 Å². The third kappa shape index (κ3) is 4.30. The van der Waals surface area contributed by atoms with Gasteiger partial charge in [-0.15, -0.1) is 0 Å². The fourth-order valence-electron chi connectivity index (χ4n) is 3.07. The summed E-state index contributed by atoms with van der Waals surface area (Å²) < 4.78 is 39.3. The van der Waals surface area contributed by atoms with E-state index in [1.807, 2.05) is 13.0 Å². The number of anilines is 1. The van der Waals surface area contributed by atoms with Gasteiger partial charge in [-0.2, -0.15) is 13.2 Å². The Morgan fingerprint density at radius 1 is 1.15 bits per heavy atom. The maximum Gasteiger partial charge on any atom is 0.416 e. The number of carbonyl (C=O) groups is 2. The Balaban J connectivity index is 1.99. The van der Waals surface area contributed by atoms with Gasteiger partial charge in [0.25, 0.3) is 5.91 Å². The fraction of sp³-hybridized carbons (Fsp3) is 0.300. The quantitative estimate of drug-likeness (QED) is 0.801. The summed E-state index contributed by atoms with van der Waals surface area (Å²) in [7, 11) is 0. The Kier molecular flexibility index (Phi) is 5.21. The standard InChI is InChI=1S/C20H19F3N2O2/c1-14-5-2-6-15(11-14)19(27)25(13-24-10-4-9-18(24)26)17-8-3-7-16(12-17)20(21,22)23/h2-3,5-8,11-12H,4,9-10,13H2,1H3. The molecule has 1 saturated heterocycles. The van der Waals surface area contributed by atoms with Crippen molar-refractivity contribution in [3.63, 3.8) is 0 Å². The molecule has 2 aromatic carbocycles. The number of carbonyl (C=O) groups excluding carboxylic acids is 2. The van der Waals surface area contributed by atoms with Gasteiger partial charge in [0.05, 0.1) is 5.56 Å². The molecule has 142 valence electrons. The van der Waals surface area contributed by atoms with E-state index in [1.54, 1.807) is 18.2 Å². The molecular formula is C20H19F3N2O2. The van der Waals surface area contributed by atoms with Crippen molar-refractivity contribution in [3.8, 4) is 0 Å². The number of alkyl halides is 3. The second kappa shape index (κ2) is 7.42. The van der Waals surface area contributed by atoms with Crippen molar-refractivity contribution < 1.29 is 22.8 Å². The molecule has 0 aromatic heterocycles. The number of hydrogen-bond donors (Lipinski definition) is 0. The molecule has 4 nitrogen and oxygen atoms in total. The number of rotatable bonds is 4. The number of halogens is 3. The summed E-state index contributed by atoms with van der Waals surface area (Å²) in [6.45, 7) is 2.23. The third-order valence-electron chi connectivity index (χ3n) is 4.48. The van der Waals surface area contributed by atoms with Gasteiger partial charge in [-0.05, 0) is 43.7 Å². The third-order valence-corrected chi connectivity index (χ3v) is 4.48. The molecule has 1 aliphatic rings. The van der Waals surface area contributed by atoms with Gasteiger partial charge in [0.1, 0.15) is 6.67 Å². The summed E-state index contributed by atoms with van der Waals surface area (Å²) in [5.74, 6) is -0.554. The van der Waals surface area contributed by atoms with E-state index in [-0.39, 0.29) is 18.3 Å².